The first-order valence-electron chi connectivity index (χ1n) is 6.36. The van der Waals surface area contributed by atoms with Gasteiger partial charge in [-0.1, -0.05) is 6.92 Å². The maximum absolute atomic E-state index is 11.6. The first-order chi connectivity index (χ1) is 9.43. The maximum atomic E-state index is 11.6. The predicted molar refractivity (Wildman–Crippen MR) is 79.9 cm³/mol. The Morgan fingerprint density at radius 3 is 2.80 bits per heavy atom. The summed E-state index contributed by atoms with van der Waals surface area (Å²) in [5.74, 6) is -0.872. The summed E-state index contributed by atoms with van der Waals surface area (Å²) in [5.41, 5.74) is 0.0710. The largest absolute Gasteiger partial charge is 0.478 e. The average Bonchev–Trinajstić information content (AvgIpc) is 2.39. The predicted octanol–water partition coefficient (Wildman–Crippen LogP) is 2.26. The van der Waals surface area contributed by atoms with Gasteiger partial charge in [-0.05, 0) is 35.3 Å². The van der Waals surface area contributed by atoms with Gasteiger partial charge in [0.15, 0.2) is 0 Å². The molecule has 0 fully saturated rings. The van der Waals surface area contributed by atoms with Crippen LogP contribution >= 0.6 is 15.9 Å². The Labute approximate surface area is 126 Å². The van der Waals surface area contributed by atoms with Crippen LogP contribution in [0.5, 0.6) is 0 Å². The fourth-order valence-corrected chi connectivity index (χ4v) is 1.82. The Bertz CT molecular complexity index is 494. The van der Waals surface area contributed by atoms with E-state index >= 15 is 0 Å². The maximum Gasteiger partial charge on any atom is 0.339 e. The molecule has 3 N–H and O–H groups in total. The Balaban J connectivity index is 2.54. The van der Waals surface area contributed by atoms with Crippen molar-refractivity contribution in [3.63, 3.8) is 0 Å². The quantitative estimate of drug-likeness (QED) is 0.706. The van der Waals surface area contributed by atoms with Crippen molar-refractivity contribution in [2.75, 3.05) is 11.9 Å². The number of carboxylic acids is 1. The number of aromatic nitrogens is 1. The highest BCUT2D eigenvalue weighted by Gasteiger charge is 2.12. The summed E-state index contributed by atoms with van der Waals surface area (Å²) in [6, 6.07) is 1.61. The van der Waals surface area contributed by atoms with E-state index in [-0.39, 0.29) is 29.8 Å². The summed E-state index contributed by atoms with van der Waals surface area (Å²) < 4.78 is 0.593. The molecule has 6 nitrogen and oxygen atoms in total. The molecule has 0 spiro atoms. The van der Waals surface area contributed by atoms with E-state index in [4.69, 9.17) is 5.11 Å². The number of pyridine rings is 1. The Hall–Kier alpha value is -1.63. The third-order valence-corrected chi connectivity index (χ3v) is 3.18. The summed E-state index contributed by atoms with van der Waals surface area (Å²) >= 11 is 3.17. The van der Waals surface area contributed by atoms with Crippen LogP contribution < -0.4 is 10.6 Å². The lowest BCUT2D eigenvalue weighted by Crippen LogP contribution is -2.33. The number of nitrogens with zero attached hydrogens (tertiary/aromatic N) is 1. The van der Waals surface area contributed by atoms with Crippen LogP contribution in [0.1, 0.15) is 37.0 Å². The van der Waals surface area contributed by atoms with Crippen molar-refractivity contribution in [2.45, 2.75) is 32.7 Å². The van der Waals surface area contributed by atoms with E-state index in [0.717, 1.165) is 6.42 Å². The number of nitrogens with one attached hydrogen (secondary N) is 2. The molecular weight excluding hydrogens is 326 g/mol. The van der Waals surface area contributed by atoms with Crippen LogP contribution in [0.4, 0.5) is 5.82 Å². The molecule has 0 aliphatic carbocycles. The van der Waals surface area contributed by atoms with Crippen molar-refractivity contribution < 1.29 is 14.7 Å². The van der Waals surface area contributed by atoms with Crippen LogP contribution in [0.25, 0.3) is 0 Å². The third kappa shape index (κ3) is 5.16. The molecule has 110 valence electrons. The fraction of sp³-hybridized carbons (Fsp3) is 0.462. The Morgan fingerprint density at radius 1 is 1.50 bits per heavy atom. The minimum Gasteiger partial charge on any atom is -0.478 e. The van der Waals surface area contributed by atoms with Crippen molar-refractivity contribution in [3.05, 3.63) is 22.3 Å². The van der Waals surface area contributed by atoms with Gasteiger partial charge in [0, 0.05) is 29.7 Å². The number of amides is 1. The van der Waals surface area contributed by atoms with Crippen molar-refractivity contribution in [1.29, 1.82) is 0 Å². The monoisotopic (exact) mass is 343 g/mol. The molecule has 0 bridgehead atoms. The number of carbonyl (C=O) groups excluding carboxylic acids is 1. The van der Waals surface area contributed by atoms with Crippen LogP contribution in [-0.4, -0.2) is 34.6 Å². The molecule has 1 heterocycles. The molecule has 7 heteroatoms. The van der Waals surface area contributed by atoms with Gasteiger partial charge in [0.25, 0.3) is 0 Å². The highest BCUT2D eigenvalue weighted by molar-refractivity contribution is 9.10. The minimum absolute atomic E-state index is 0.0687. The van der Waals surface area contributed by atoms with Crippen LogP contribution in [0.15, 0.2) is 16.7 Å². The van der Waals surface area contributed by atoms with Gasteiger partial charge < -0.3 is 15.7 Å². The van der Waals surface area contributed by atoms with Gasteiger partial charge in [-0.15, -0.1) is 0 Å². The van der Waals surface area contributed by atoms with Crippen molar-refractivity contribution in [2.24, 2.45) is 0 Å². The number of hydrogen-bond acceptors (Lipinski definition) is 4. The number of rotatable bonds is 7. The van der Waals surface area contributed by atoms with E-state index in [1.54, 1.807) is 0 Å². The fourth-order valence-electron chi connectivity index (χ4n) is 1.49. The molecule has 1 rings (SSSR count). The van der Waals surface area contributed by atoms with Crippen LogP contribution in [0.3, 0.4) is 0 Å². The third-order valence-electron chi connectivity index (χ3n) is 2.75. The molecule has 0 aromatic carbocycles. The Kier molecular flexibility index (Phi) is 6.44. The van der Waals surface area contributed by atoms with Gasteiger partial charge in [0.2, 0.25) is 5.91 Å². The SMILES string of the molecule is CCC(C)NC(=O)CCNc1ncc(Br)cc1C(=O)O. The summed E-state index contributed by atoms with van der Waals surface area (Å²) in [5, 5.41) is 14.8. The van der Waals surface area contributed by atoms with Gasteiger partial charge in [-0.2, -0.15) is 0 Å². The van der Waals surface area contributed by atoms with Gasteiger partial charge in [0.1, 0.15) is 11.4 Å². The number of carbonyl (C=O) groups is 2. The lowest BCUT2D eigenvalue weighted by molar-refractivity contribution is -0.121. The zero-order valence-corrected chi connectivity index (χ0v) is 13.0. The summed E-state index contributed by atoms with van der Waals surface area (Å²) in [4.78, 5) is 26.7. The van der Waals surface area contributed by atoms with Crippen LogP contribution in [0.2, 0.25) is 0 Å². The second-order valence-electron chi connectivity index (χ2n) is 4.41. The van der Waals surface area contributed by atoms with Crippen molar-refractivity contribution >= 4 is 33.6 Å². The summed E-state index contributed by atoms with van der Waals surface area (Å²) in [7, 11) is 0. The van der Waals surface area contributed by atoms with Crippen LogP contribution in [-0.2, 0) is 4.79 Å². The molecule has 20 heavy (non-hydrogen) atoms. The van der Waals surface area contributed by atoms with E-state index in [1.807, 2.05) is 13.8 Å². The second kappa shape index (κ2) is 7.84. The first kappa shape index (κ1) is 16.4. The Morgan fingerprint density at radius 2 is 2.20 bits per heavy atom. The smallest absolute Gasteiger partial charge is 0.339 e. The summed E-state index contributed by atoms with van der Waals surface area (Å²) in [6.07, 6.45) is 2.64. The minimum atomic E-state index is -1.06. The highest BCUT2D eigenvalue weighted by Crippen LogP contribution is 2.17. The van der Waals surface area contributed by atoms with Gasteiger partial charge in [0.05, 0.1) is 0 Å². The van der Waals surface area contributed by atoms with Crippen molar-refractivity contribution in [1.82, 2.24) is 10.3 Å². The molecule has 0 aliphatic rings. The topological polar surface area (TPSA) is 91.3 Å². The van der Waals surface area contributed by atoms with Gasteiger partial charge >= 0.3 is 5.97 Å². The lowest BCUT2D eigenvalue weighted by Gasteiger charge is -2.12. The molecule has 0 aliphatic heterocycles. The van der Waals surface area contributed by atoms with Gasteiger partial charge in [-0.25, -0.2) is 9.78 Å². The van der Waals surface area contributed by atoms with Gasteiger partial charge in [-0.3, -0.25) is 4.79 Å². The molecule has 1 atom stereocenters. The number of anilines is 1. The van der Waals surface area contributed by atoms with E-state index in [9.17, 15) is 9.59 Å². The zero-order valence-electron chi connectivity index (χ0n) is 11.4. The standard InChI is InChI=1S/C13H18BrN3O3/c1-3-8(2)17-11(18)4-5-15-12-10(13(19)20)6-9(14)7-16-12/h6-8H,3-5H2,1-2H3,(H,15,16)(H,17,18)(H,19,20). The highest BCUT2D eigenvalue weighted by atomic mass is 79.9. The average molecular weight is 344 g/mol. The molecule has 1 aromatic rings. The summed E-state index contributed by atoms with van der Waals surface area (Å²) in [6.45, 7) is 4.26. The normalized spacial score (nSPS) is 11.8. The molecule has 1 amide bonds. The molecule has 1 unspecified atom stereocenters. The number of hydrogen-bond donors (Lipinski definition) is 3. The molecule has 0 saturated carbocycles. The van der Waals surface area contributed by atoms with Crippen LogP contribution in [0, 0.1) is 0 Å². The van der Waals surface area contributed by atoms with E-state index in [2.05, 4.69) is 31.5 Å². The zero-order chi connectivity index (χ0) is 15.1. The van der Waals surface area contributed by atoms with E-state index < -0.39 is 5.97 Å². The first-order valence-corrected chi connectivity index (χ1v) is 7.15. The number of aromatic carboxylic acids is 1. The van der Waals surface area contributed by atoms with E-state index in [1.165, 1.54) is 12.3 Å². The molecule has 1 aromatic heterocycles. The lowest BCUT2D eigenvalue weighted by atomic mass is 10.2. The van der Waals surface area contributed by atoms with Crippen molar-refractivity contribution in [3.8, 4) is 0 Å². The molecule has 0 radical (unpaired) electrons. The molecule has 0 saturated heterocycles. The second-order valence-corrected chi connectivity index (χ2v) is 5.32. The number of halogens is 1. The molecular formula is C13H18BrN3O3. The number of carboxylic acid groups (broad SMARTS) is 1. The van der Waals surface area contributed by atoms with E-state index in [0.29, 0.717) is 11.0 Å².